The first-order chi connectivity index (χ1) is 8.77. The van der Waals surface area contributed by atoms with E-state index in [-0.39, 0.29) is 6.10 Å². The second-order valence-electron chi connectivity index (χ2n) is 4.84. The average Bonchev–Trinajstić information content (AvgIpc) is 2.39. The van der Waals surface area contributed by atoms with Gasteiger partial charge in [0.15, 0.2) is 0 Å². The van der Waals surface area contributed by atoms with Crippen molar-refractivity contribution in [3.8, 4) is 0 Å². The van der Waals surface area contributed by atoms with Crippen LogP contribution < -0.4 is 0 Å². The first-order valence-corrected chi connectivity index (χ1v) is 8.14. The summed E-state index contributed by atoms with van der Waals surface area (Å²) in [6.07, 6.45) is 6.64. The zero-order chi connectivity index (χ0) is 13.2. The summed E-state index contributed by atoms with van der Waals surface area (Å²) in [5.74, 6) is 0. The lowest BCUT2D eigenvalue weighted by Gasteiger charge is -2.16. The van der Waals surface area contributed by atoms with Crippen molar-refractivity contribution >= 4 is 15.9 Å². The third kappa shape index (κ3) is 6.01. The summed E-state index contributed by atoms with van der Waals surface area (Å²) in [4.78, 5) is 0. The molecule has 0 amide bonds. The minimum absolute atomic E-state index is 0.191. The van der Waals surface area contributed by atoms with Crippen LogP contribution in [0.5, 0.6) is 0 Å². The van der Waals surface area contributed by atoms with Gasteiger partial charge in [0.1, 0.15) is 0 Å². The minimum Gasteiger partial charge on any atom is -0.373 e. The minimum atomic E-state index is 0.191. The molecule has 1 nitrogen and oxygen atoms in total. The molecule has 1 rings (SSSR count). The van der Waals surface area contributed by atoms with Crippen molar-refractivity contribution in [3.05, 3.63) is 35.4 Å². The first kappa shape index (κ1) is 15.7. The Morgan fingerprint density at radius 1 is 1.06 bits per heavy atom. The van der Waals surface area contributed by atoms with Crippen molar-refractivity contribution in [2.24, 2.45) is 0 Å². The molecular formula is C16H25BrO. The van der Waals surface area contributed by atoms with Gasteiger partial charge in [-0.2, -0.15) is 0 Å². The van der Waals surface area contributed by atoms with Crippen LogP contribution in [-0.4, -0.2) is 11.9 Å². The summed E-state index contributed by atoms with van der Waals surface area (Å²) in [6.45, 7) is 5.23. The highest BCUT2D eigenvalue weighted by atomic mass is 79.9. The molecule has 102 valence electrons. The zero-order valence-electron chi connectivity index (χ0n) is 11.6. The standard InChI is InChI=1S/C16H25BrO/c1-3-4-5-6-7-12-18-16(13-17)15-10-8-14(2)9-11-15/h8-11,16H,3-7,12-13H2,1-2H3. The van der Waals surface area contributed by atoms with E-state index in [9.17, 15) is 0 Å². The number of rotatable bonds is 9. The van der Waals surface area contributed by atoms with E-state index in [0.717, 1.165) is 11.9 Å². The summed E-state index contributed by atoms with van der Waals surface area (Å²) in [6, 6.07) is 8.63. The molecule has 0 aliphatic carbocycles. The van der Waals surface area contributed by atoms with E-state index in [1.165, 1.54) is 43.2 Å². The van der Waals surface area contributed by atoms with Crippen LogP contribution in [0.15, 0.2) is 24.3 Å². The summed E-state index contributed by atoms with van der Waals surface area (Å²) in [7, 11) is 0. The fourth-order valence-electron chi connectivity index (χ4n) is 1.94. The van der Waals surface area contributed by atoms with Gasteiger partial charge in [0.05, 0.1) is 6.10 Å². The van der Waals surface area contributed by atoms with E-state index in [2.05, 4.69) is 54.0 Å². The molecule has 0 fully saturated rings. The van der Waals surface area contributed by atoms with Gasteiger partial charge in [-0.1, -0.05) is 78.4 Å². The Kier molecular flexibility index (Phi) is 8.36. The van der Waals surface area contributed by atoms with Crippen molar-refractivity contribution in [1.29, 1.82) is 0 Å². The van der Waals surface area contributed by atoms with Gasteiger partial charge < -0.3 is 4.74 Å². The quantitative estimate of drug-likeness (QED) is 0.437. The van der Waals surface area contributed by atoms with Gasteiger partial charge in [-0.05, 0) is 18.9 Å². The van der Waals surface area contributed by atoms with Crippen LogP contribution >= 0.6 is 15.9 Å². The van der Waals surface area contributed by atoms with Crippen LogP contribution in [0, 0.1) is 6.92 Å². The molecule has 0 N–H and O–H groups in total. The topological polar surface area (TPSA) is 9.23 Å². The second-order valence-corrected chi connectivity index (χ2v) is 5.49. The molecule has 0 radical (unpaired) electrons. The molecule has 2 heteroatoms. The van der Waals surface area contributed by atoms with Gasteiger partial charge in [-0.15, -0.1) is 0 Å². The van der Waals surface area contributed by atoms with Crippen LogP contribution in [-0.2, 0) is 4.74 Å². The van der Waals surface area contributed by atoms with Gasteiger partial charge in [0.25, 0.3) is 0 Å². The molecule has 0 saturated heterocycles. The molecule has 1 aromatic rings. The van der Waals surface area contributed by atoms with Crippen molar-refractivity contribution in [2.45, 2.75) is 52.1 Å². The highest BCUT2D eigenvalue weighted by Crippen LogP contribution is 2.20. The molecule has 0 aliphatic heterocycles. The van der Waals surface area contributed by atoms with Crippen molar-refractivity contribution < 1.29 is 4.74 Å². The number of ether oxygens (including phenoxy) is 1. The molecule has 0 heterocycles. The molecule has 0 aliphatic rings. The zero-order valence-corrected chi connectivity index (χ0v) is 13.2. The SMILES string of the molecule is CCCCCCCOC(CBr)c1ccc(C)cc1. The lowest BCUT2D eigenvalue weighted by Crippen LogP contribution is -2.07. The predicted octanol–water partition coefficient (Wildman–Crippen LogP) is 5.42. The Morgan fingerprint density at radius 3 is 2.33 bits per heavy atom. The molecule has 0 saturated carbocycles. The Bertz CT molecular complexity index is 307. The third-order valence-electron chi connectivity index (χ3n) is 3.16. The van der Waals surface area contributed by atoms with E-state index in [0.29, 0.717) is 0 Å². The lowest BCUT2D eigenvalue weighted by atomic mass is 10.1. The molecule has 1 unspecified atom stereocenters. The van der Waals surface area contributed by atoms with Gasteiger partial charge in [-0.25, -0.2) is 0 Å². The summed E-state index contributed by atoms with van der Waals surface area (Å²) in [5, 5.41) is 0.866. The second kappa shape index (κ2) is 9.57. The van der Waals surface area contributed by atoms with Gasteiger partial charge in [-0.3, -0.25) is 0 Å². The van der Waals surface area contributed by atoms with E-state index in [1.807, 2.05) is 0 Å². The van der Waals surface area contributed by atoms with Crippen LogP contribution in [0.25, 0.3) is 0 Å². The normalized spacial score (nSPS) is 12.6. The maximum atomic E-state index is 5.95. The molecule has 18 heavy (non-hydrogen) atoms. The first-order valence-electron chi connectivity index (χ1n) is 7.02. The van der Waals surface area contributed by atoms with Crippen LogP contribution in [0.1, 0.15) is 56.3 Å². The van der Waals surface area contributed by atoms with Crippen LogP contribution in [0.4, 0.5) is 0 Å². The maximum Gasteiger partial charge on any atom is 0.0921 e. The number of benzene rings is 1. The molecular weight excluding hydrogens is 288 g/mol. The molecule has 0 aromatic heterocycles. The van der Waals surface area contributed by atoms with Gasteiger partial charge in [0.2, 0.25) is 0 Å². The Hall–Kier alpha value is -0.340. The summed E-state index contributed by atoms with van der Waals surface area (Å²) < 4.78 is 5.95. The van der Waals surface area contributed by atoms with E-state index < -0.39 is 0 Å². The highest BCUT2D eigenvalue weighted by molar-refractivity contribution is 9.09. The highest BCUT2D eigenvalue weighted by Gasteiger charge is 2.09. The number of hydrogen-bond acceptors (Lipinski definition) is 1. The largest absolute Gasteiger partial charge is 0.373 e. The molecule has 1 atom stereocenters. The Morgan fingerprint density at radius 2 is 1.72 bits per heavy atom. The summed E-state index contributed by atoms with van der Waals surface area (Å²) in [5.41, 5.74) is 2.57. The number of halogens is 1. The predicted molar refractivity (Wildman–Crippen MR) is 82.4 cm³/mol. The fourth-order valence-corrected chi connectivity index (χ4v) is 2.50. The van der Waals surface area contributed by atoms with E-state index >= 15 is 0 Å². The molecule has 1 aromatic carbocycles. The van der Waals surface area contributed by atoms with Gasteiger partial charge in [0, 0.05) is 11.9 Å². The molecule has 0 bridgehead atoms. The fraction of sp³-hybridized carbons (Fsp3) is 0.625. The van der Waals surface area contributed by atoms with Crippen molar-refractivity contribution in [1.82, 2.24) is 0 Å². The van der Waals surface area contributed by atoms with Crippen LogP contribution in [0.3, 0.4) is 0 Å². The van der Waals surface area contributed by atoms with E-state index in [1.54, 1.807) is 0 Å². The number of unbranched alkanes of at least 4 members (excludes halogenated alkanes) is 4. The third-order valence-corrected chi connectivity index (χ3v) is 3.74. The number of alkyl halides is 1. The monoisotopic (exact) mass is 312 g/mol. The average molecular weight is 313 g/mol. The van der Waals surface area contributed by atoms with Crippen molar-refractivity contribution in [2.75, 3.05) is 11.9 Å². The van der Waals surface area contributed by atoms with Crippen LogP contribution in [0.2, 0.25) is 0 Å². The van der Waals surface area contributed by atoms with Crippen molar-refractivity contribution in [3.63, 3.8) is 0 Å². The molecule has 0 spiro atoms. The number of hydrogen-bond donors (Lipinski definition) is 0. The Labute approximate surface area is 120 Å². The van der Waals surface area contributed by atoms with Gasteiger partial charge >= 0.3 is 0 Å². The Balaban J connectivity index is 2.27. The smallest absolute Gasteiger partial charge is 0.0921 e. The van der Waals surface area contributed by atoms with E-state index in [4.69, 9.17) is 4.74 Å². The summed E-state index contributed by atoms with van der Waals surface area (Å²) >= 11 is 3.54. The lowest BCUT2D eigenvalue weighted by molar-refractivity contribution is 0.0668. The maximum absolute atomic E-state index is 5.95. The number of aryl methyl sites for hydroxylation is 1.